The second-order valence-electron chi connectivity index (χ2n) is 6.61. The minimum Gasteiger partial charge on any atom is -0.348 e. The van der Waals surface area contributed by atoms with Gasteiger partial charge in [0.2, 0.25) is 5.91 Å². The van der Waals surface area contributed by atoms with E-state index in [-0.39, 0.29) is 17.5 Å². The van der Waals surface area contributed by atoms with Gasteiger partial charge < -0.3 is 5.32 Å². The summed E-state index contributed by atoms with van der Waals surface area (Å²) >= 11 is 0. The SMILES string of the molecule is CC(c1ccccc1)N1CC(C)(C)NC(=O)C1(C)C. The maximum atomic E-state index is 12.3. The average Bonchev–Trinajstić information content (AvgIpc) is 2.34. The Morgan fingerprint density at radius 1 is 1.16 bits per heavy atom. The maximum Gasteiger partial charge on any atom is 0.240 e. The molecule has 1 aromatic carbocycles. The van der Waals surface area contributed by atoms with E-state index in [1.54, 1.807) is 0 Å². The Morgan fingerprint density at radius 3 is 2.32 bits per heavy atom. The fraction of sp³-hybridized carbons (Fsp3) is 0.562. The topological polar surface area (TPSA) is 32.3 Å². The van der Waals surface area contributed by atoms with Gasteiger partial charge in [0.05, 0.1) is 5.54 Å². The molecule has 104 valence electrons. The largest absolute Gasteiger partial charge is 0.348 e. The molecule has 1 heterocycles. The molecule has 1 unspecified atom stereocenters. The van der Waals surface area contributed by atoms with E-state index in [9.17, 15) is 4.79 Å². The molecule has 2 rings (SSSR count). The van der Waals surface area contributed by atoms with Crippen molar-refractivity contribution in [2.45, 2.75) is 51.7 Å². The highest BCUT2D eigenvalue weighted by Crippen LogP contribution is 2.33. The third-order valence-corrected chi connectivity index (χ3v) is 4.04. The molecule has 0 bridgehead atoms. The molecule has 0 saturated carbocycles. The molecule has 1 saturated heterocycles. The van der Waals surface area contributed by atoms with E-state index >= 15 is 0 Å². The summed E-state index contributed by atoms with van der Waals surface area (Å²) in [5.41, 5.74) is 0.585. The zero-order valence-electron chi connectivity index (χ0n) is 12.5. The highest BCUT2D eigenvalue weighted by Gasteiger charge is 2.46. The van der Waals surface area contributed by atoms with E-state index in [2.05, 4.69) is 43.1 Å². The molecule has 1 aliphatic heterocycles. The predicted octanol–water partition coefficient (Wildman–Crippen LogP) is 2.74. The van der Waals surface area contributed by atoms with Crippen LogP contribution < -0.4 is 5.32 Å². The molecule has 1 aliphatic rings. The molecule has 1 amide bonds. The molecule has 3 heteroatoms. The Morgan fingerprint density at radius 2 is 1.74 bits per heavy atom. The van der Waals surface area contributed by atoms with Gasteiger partial charge >= 0.3 is 0 Å². The zero-order valence-corrected chi connectivity index (χ0v) is 12.5. The number of rotatable bonds is 2. The number of benzene rings is 1. The van der Waals surface area contributed by atoms with E-state index in [0.29, 0.717) is 0 Å². The summed E-state index contributed by atoms with van der Waals surface area (Å²) < 4.78 is 0. The van der Waals surface area contributed by atoms with E-state index in [4.69, 9.17) is 0 Å². The van der Waals surface area contributed by atoms with Crippen LogP contribution in [0.1, 0.15) is 46.2 Å². The van der Waals surface area contributed by atoms with Crippen LogP contribution in [0.5, 0.6) is 0 Å². The van der Waals surface area contributed by atoms with E-state index in [0.717, 1.165) is 6.54 Å². The van der Waals surface area contributed by atoms with Gasteiger partial charge in [-0.15, -0.1) is 0 Å². The highest BCUT2D eigenvalue weighted by molar-refractivity contribution is 5.87. The molecular weight excluding hydrogens is 236 g/mol. The first-order chi connectivity index (χ1) is 8.74. The van der Waals surface area contributed by atoms with Crippen molar-refractivity contribution in [3.63, 3.8) is 0 Å². The van der Waals surface area contributed by atoms with Gasteiger partial charge in [0, 0.05) is 18.1 Å². The lowest BCUT2D eigenvalue weighted by molar-refractivity contribution is -0.142. The summed E-state index contributed by atoms with van der Waals surface area (Å²) in [6, 6.07) is 10.6. The van der Waals surface area contributed by atoms with Gasteiger partial charge in [0.15, 0.2) is 0 Å². The number of hydrogen-bond donors (Lipinski definition) is 1. The minimum atomic E-state index is -0.481. The Bertz CT molecular complexity index is 465. The van der Waals surface area contributed by atoms with Crippen LogP contribution in [0.25, 0.3) is 0 Å². The fourth-order valence-corrected chi connectivity index (χ4v) is 2.79. The summed E-state index contributed by atoms with van der Waals surface area (Å²) in [4.78, 5) is 14.6. The highest BCUT2D eigenvalue weighted by atomic mass is 16.2. The number of amides is 1. The van der Waals surface area contributed by atoms with Crippen LogP contribution in [0, 0.1) is 0 Å². The van der Waals surface area contributed by atoms with Gasteiger partial charge in [-0.1, -0.05) is 30.3 Å². The lowest BCUT2D eigenvalue weighted by Gasteiger charge is -2.50. The van der Waals surface area contributed by atoms with Crippen LogP contribution in [-0.2, 0) is 4.79 Å². The second kappa shape index (κ2) is 4.64. The third-order valence-electron chi connectivity index (χ3n) is 4.04. The molecule has 0 radical (unpaired) electrons. The molecule has 1 atom stereocenters. The molecule has 1 fully saturated rings. The van der Waals surface area contributed by atoms with Crippen molar-refractivity contribution < 1.29 is 4.79 Å². The number of carbonyl (C=O) groups is 1. The Balaban J connectivity index is 2.33. The first-order valence-corrected chi connectivity index (χ1v) is 6.88. The molecule has 1 aromatic rings. The van der Waals surface area contributed by atoms with Crippen molar-refractivity contribution in [3.05, 3.63) is 35.9 Å². The molecule has 3 nitrogen and oxygen atoms in total. The molecule has 1 N–H and O–H groups in total. The van der Waals surface area contributed by atoms with Crippen molar-refractivity contribution in [1.29, 1.82) is 0 Å². The molecule has 0 spiro atoms. The summed E-state index contributed by atoms with van der Waals surface area (Å²) in [7, 11) is 0. The van der Waals surface area contributed by atoms with E-state index in [1.165, 1.54) is 5.56 Å². The van der Waals surface area contributed by atoms with Gasteiger partial charge in [0.25, 0.3) is 0 Å². The van der Waals surface area contributed by atoms with Gasteiger partial charge in [-0.05, 0) is 40.2 Å². The number of piperazine rings is 1. The van der Waals surface area contributed by atoms with E-state index < -0.39 is 5.54 Å². The fourth-order valence-electron chi connectivity index (χ4n) is 2.79. The van der Waals surface area contributed by atoms with Gasteiger partial charge in [0.1, 0.15) is 0 Å². The van der Waals surface area contributed by atoms with Crippen LogP contribution in [0.3, 0.4) is 0 Å². The monoisotopic (exact) mass is 260 g/mol. The summed E-state index contributed by atoms with van der Waals surface area (Å²) in [6.07, 6.45) is 0. The summed E-state index contributed by atoms with van der Waals surface area (Å²) in [5, 5.41) is 3.10. The summed E-state index contributed by atoms with van der Waals surface area (Å²) in [5.74, 6) is 0.103. The Labute approximate surface area is 116 Å². The maximum absolute atomic E-state index is 12.3. The number of hydrogen-bond acceptors (Lipinski definition) is 2. The van der Waals surface area contributed by atoms with Crippen molar-refractivity contribution in [1.82, 2.24) is 10.2 Å². The van der Waals surface area contributed by atoms with Gasteiger partial charge in [-0.25, -0.2) is 0 Å². The van der Waals surface area contributed by atoms with Crippen molar-refractivity contribution >= 4 is 5.91 Å². The number of nitrogens with zero attached hydrogens (tertiary/aromatic N) is 1. The third kappa shape index (κ3) is 2.66. The lowest BCUT2D eigenvalue weighted by atomic mass is 9.88. The first kappa shape index (κ1) is 14.1. The zero-order chi connectivity index (χ0) is 14.3. The number of carbonyl (C=O) groups excluding carboxylic acids is 1. The normalized spacial score (nSPS) is 23.7. The van der Waals surface area contributed by atoms with Crippen molar-refractivity contribution in [3.8, 4) is 0 Å². The van der Waals surface area contributed by atoms with Crippen LogP contribution in [0.15, 0.2) is 30.3 Å². The van der Waals surface area contributed by atoms with Crippen LogP contribution in [0.2, 0.25) is 0 Å². The predicted molar refractivity (Wildman–Crippen MR) is 77.9 cm³/mol. The number of nitrogens with one attached hydrogen (secondary N) is 1. The standard InChI is InChI=1S/C16H24N2O/c1-12(13-9-7-6-8-10-13)18-11-15(2,3)17-14(19)16(18,4)5/h6-10,12H,11H2,1-5H3,(H,17,19). The van der Waals surface area contributed by atoms with Gasteiger partial charge in [-0.3, -0.25) is 9.69 Å². The molecule has 0 aliphatic carbocycles. The van der Waals surface area contributed by atoms with Crippen LogP contribution >= 0.6 is 0 Å². The molecule has 19 heavy (non-hydrogen) atoms. The minimum absolute atomic E-state index is 0.103. The first-order valence-electron chi connectivity index (χ1n) is 6.88. The van der Waals surface area contributed by atoms with Crippen LogP contribution in [-0.4, -0.2) is 28.4 Å². The van der Waals surface area contributed by atoms with Crippen LogP contribution in [0.4, 0.5) is 0 Å². The second-order valence-corrected chi connectivity index (χ2v) is 6.61. The lowest BCUT2D eigenvalue weighted by Crippen LogP contribution is -2.69. The molecular formula is C16H24N2O. The smallest absolute Gasteiger partial charge is 0.240 e. The quantitative estimate of drug-likeness (QED) is 0.886. The Kier molecular flexibility index (Phi) is 3.43. The molecule has 0 aromatic heterocycles. The Hall–Kier alpha value is -1.35. The summed E-state index contributed by atoms with van der Waals surface area (Å²) in [6.45, 7) is 11.2. The van der Waals surface area contributed by atoms with E-state index in [1.807, 2.05) is 32.0 Å². The van der Waals surface area contributed by atoms with Gasteiger partial charge in [-0.2, -0.15) is 0 Å². The van der Waals surface area contributed by atoms with Crippen molar-refractivity contribution in [2.75, 3.05) is 6.54 Å². The van der Waals surface area contributed by atoms with Crippen molar-refractivity contribution in [2.24, 2.45) is 0 Å². The average molecular weight is 260 g/mol.